The molecule has 12 heteroatoms. The third-order valence-electron chi connectivity index (χ3n) is 7.87. The predicted molar refractivity (Wildman–Crippen MR) is 148 cm³/mol. The Morgan fingerprint density at radius 1 is 1.15 bits per heavy atom. The van der Waals surface area contributed by atoms with Crippen molar-refractivity contribution < 1.29 is 23.8 Å². The molecule has 2 amide bonds. The molecule has 2 aromatic heterocycles. The van der Waals surface area contributed by atoms with Gasteiger partial charge in [-0.3, -0.25) is 14.5 Å². The lowest BCUT2D eigenvalue weighted by Crippen LogP contribution is -2.47. The van der Waals surface area contributed by atoms with Crippen LogP contribution in [0.4, 0.5) is 16.4 Å². The lowest BCUT2D eigenvalue weighted by atomic mass is 9.87. The van der Waals surface area contributed by atoms with Crippen LogP contribution < -0.4 is 31.0 Å². The van der Waals surface area contributed by atoms with Gasteiger partial charge in [-0.05, 0) is 55.6 Å². The number of amides is 2. The number of carbonyl (C=O) groups is 2. The lowest BCUT2D eigenvalue weighted by Gasteiger charge is -2.37. The zero-order chi connectivity index (χ0) is 27.8. The van der Waals surface area contributed by atoms with Crippen molar-refractivity contribution in [2.75, 3.05) is 43.6 Å². The number of hydrogen-bond donors (Lipinski definition) is 2. The summed E-state index contributed by atoms with van der Waals surface area (Å²) in [6, 6.07) is 12.6. The lowest BCUT2D eigenvalue weighted by molar-refractivity contribution is -0.118. The molecule has 1 saturated carbocycles. The van der Waals surface area contributed by atoms with Crippen LogP contribution in [0.15, 0.2) is 47.3 Å². The number of aromatic nitrogens is 2. The fraction of sp³-hybridized carbons (Fsp3) is 0.429. The van der Waals surface area contributed by atoms with Crippen LogP contribution in [0.5, 0.6) is 11.5 Å². The quantitative estimate of drug-likeness (QED) is 0.432. The van der Waals surface area contributed by atoms with Gasteiger partial charge >= 0.3 is 6.09 Å². The molecule has 0 unspecified atom stereocenters. The Morgan fingerprint density at radius 2 is 2.00 bits per heavy atom. The van der Waals surface area contributed by atoms with Crippen LogP contribution in [0.25, 0.3) is 10.9 Å². The van der Waals surface area contributed by atoms with E-state index in [1.165, 1.54) is 0 Å². The van der Waals surface area contributed by atoms with Crippen molar-refractivity contribution in [3.8, 4) is 11.5 Å². The molecular weight excluding hydrogens is 516 g/mol. The summed E-state index contributed by atoms with van der Waals surface area (Å²) in [5.41, 5.74) is 6.31. The van der Waals surface area contributed by atoms with Crippen molar-refractivity contribution in [3.05, 3.63) is 52.8 Å². The topological polar surface area (TPSA) is 141 Å². The molecule has 1 saturated heterocycles. The summed E-state index contributed by atoms with van der Waals surface area (Å²) in [5.74, 6) is 1.61. The Morgan fingerprint density at radius 3 is 2.85 bits per heavy atom. The van der Waals surface area contributed by atoms with Gasteiger partial charge in [-0.1, -0.05) is 0 Å². The molecule has 0 bridgehead atoms. The van der Waals surface area contributed by atoms with Crippen molar-refractivity contribution in [1.82, 2.24) is 14.5 Å². The summed E-state index contributed by atoms with van der Waals surface area (Å²) in [6.07, 6.45) is 1.55. The molecule has 2 fully saturated rings. The van der Waals surface area contributed by atoms with Gasteiger partial charge in [-0.15, -0.1) is 0 Å². The Hall–Kier alpha value is -4.16. The number of fused-ring (bicyclic) bond motifs is 3. The number of pyridine rings is 2. The monoisotopic (exact) mass is 548 g/mol. The van der Waals surface area contributed by atoms with Crippen LogP contribution in [-0.2, 0) is 16.1 Å². The Labute approximate surface area is 230 Å². The summed E-state index contributed by atoms with van der Waals surface area (Å²) >= 11 is 0. The maximum absolute atomic E-state index is 12.9. The largest absolute Gasteiger partial charge is 0.492 e. The summed E-state index contributed by atoms with van der Waals surface area (Å²) in [5, 5.41) is 3.65. The average Bonchev–Trinajstić information content (AvgIpc) is 3.29. The van der Waals surface area contributed by atoms with E-state index >= 15 is 0 Å². The molecule has 40 heavy (non-hydrogen) atoms. The van der Waals surface area contributed by atoms with E-state index in [1.807, 2.05) is 31.3 Å². The van der Waals surface area contributed by atoms with E-state index in [1.54, 1.807) is 27.7 Å². The van der Waals surface area contributed by atoms with Crippen LogP contribution >= 0.6 is 0 Å². The first-order valence-corrected chi connectivity index (χ1v) is 13.5. The van der Waals surface area contributed by atoms with Crippen molar-refractivity contribution >= 4 is 34.5 Å². The normalized spacial score (nSPS) is 22.0. The number of benzene rings is 1. The highest BCUT2D eigenvalue weighted by Crippen LogP contribution is 2.38. The molecule has 1 aliphatic carbocycles. The highest BCUT2D eigenvalue weighted by atomic mass is 16.6. The molecule has 210 valence electrons. The number of carbonyl (C=O) groups excluding carboxylic acids is 2. The summed E-state index contributed by atoms with van der Waals surface area (Å²) in [7, 11) is 2.04. The minimum Gasteiger partial charge on any atom is -0.492 e. The van der Waals surface area contributed by atoms with E-state index in [-0.39, 0.29) is 36.3 Å². The maximum Gasteiger partial charge on any atom is 0.416 e. The molecule has 0 spiro atoms. The zero-order valence-corrected chi connectivity index (χ0v) is 22.2. The molecule has 0 radical (unpaired) electrons. The molecule has 6 rings (SSSR count). The highest BCUT2D eigenvalue weighted by molar-refractivity contribution is 5.95. The van der Waals surface area contributed by atoms with Crippen molar-refractivity contribution in [3.63, 3.8) is 0 Å². The van der Waals surface area contributed by atoms with Gasteiger partial charge < -0.3 is 34.7 Å². The first-order chi connectivity index (χ1) is 19.4. The number of ether oxygens (including phenoxy) is 3. The molecule has 3 aliphatic rings. The predicted octanol–water partition coefficient (Wildman–Crippen LogP) is 1.94. The molecule has 4 heterocycles. The van der Waals surface area contributed by atoms with Crippen LogP contribution in [0.2, 0.25) is 0 Å². The van der Waals surface area contributed by atoms with Crippen molar-refractivity contribution in [2.45, 2.75) is 44.0 Å². The maximum atomic E-state index is 12.9. The van der Waals surface area contributed by atoms with E-state index in [2.05, 4.69) is 15.2 Å². The number of anilines is 2. The molecule has 12 nitrogen and oxygen atoms in total. The second kappa shape index (κ2) is 10.8. The van der Waals surface area contributed by atoms with Crippen molar-refractivity contribution in [2.24, 2.45) is 5.73 Å². The fourth-order valence-electron chi connectivity index (χ4n) is 5.79. The van der Waals surface area contributed by atoms with E-state index in [9.17, 15) is 14.4 Å². The first kappa shape index (κ1) is 26.1. The molecule has 1 aromatic carbocycles. The van der Waals surface area contributed by atoms with Crippen molar-refractivity contribution in [1.29, 1.82) is 0 Å². The molecular formula is C28H32N6O6. The molecule has 3 atom stereocenters. The van der Waals surface area contributed by atoms with E-state index < -0.39 is 6.09 Å². The third-order valence-corrected chi connectivity index (χ3v) is 7.87. The van der Waals surface area contributed by atoms with Gasteiger partial charge in [-0.25, -0.2) is 9.78 Å². The smallest absolute Gasteiger partial charge is 0.416 e. The summed E-state index contributed by atoms with van der Waals surface area (Å²) < 4.78 is 18.6. The fourth-order valence-corrected chi connectivity index (χ4v) is 5.79. The van der Waals surface area contributed by atoms with Gasteiger partial charge in [0.05, 0.1) is 11.6 Å². The summed E-state index contributed by atoms with van der Waals surface area (Å²) in [6.45, 7) is 1.93. The molecule has 3 aromatic rings. The van der Waals surface area contributed by atoms with Crippen LogP contribution in [0.3, 0.4) is 0 Å². The first-order valence-electron chi connectivity index (χ1n) is 13.5. The number of hydrogen-bond acceptors (Lipinski definition) is 9. The highest BCUT2D eigenvalue weighted by Gasteiger charge is 2.47. The standard InChI is InChI=1S/C28H32N6O6/c1-32(11-12-33-21-15-19(38-13-10-29)5-2-17(21)3-9-26(33)36)18-4-6-20-23(14-18)40-28(37)34(20)24-8-7-22-27(30-24)31-25(35)16-39-22/h2-3,5,7-9,15,18,20,23H,4,6,10-14,16,29H2,1H3,(H,30,31,35)/t18-,20-,23-/m1/s1. The number of nitrogens with one attached hydrogen (secondary N) is 1. The Bertz CT molecular complexity index is 1510. The Kier molecular flexibility index (Phi) is 7.03. The molecule has 3 N–H and O–H groups in total. The number of nitrogens with two attached hydrogens (primary N) is 1. The van der Waals surface area contributed by atoms with Gasteiger partial charge in [0, 0.05) is 44.2 Å². The van der Waals surface area contributed by atoms with Crippen LogP contribution in [0, 0.1) is 0 Å². The minimum atomic E-state index is -0.441. The minimum absolute atomic E-state index is 0.0568. The number of likely N-dealkylation sites (N-methyl/N-ethyl adjacent to an activating group) is 1. The van der Waals surface area contributed by atoms with Crippen LogP contribution in [0.1, 0.15) is 19.3 Å². The van der Waals surface area contributed by atoms with Gasteiger partial charge in [0.25, 0.3) is 11.5 Å². The zero-order valence-electron chi connectivity index (χ0n) is 22.2. The summed E-state index contributed by atoms with van der Waals surface area (Å²) in [4.78, 5) is 45.7. The van der Waals surface area contributed by atoms with E-state index in [0.717, 1.165) is 23.7 Å². The second-order valence-corrected chi connectivity index (χ2v) is 10.3. The van der Waals surface area contributed by atoms with Crippen LogP contribution in [-0.4, -0.2) is 78.0 Å². The molecule has 2 aliphatic heterocycles. The Balaban J connectivity index is 1.12. The van der Waals surface area contributed by atoms with Gasteiger partial charge in [-0.2, -0.15) is 0 Å². The third kappa shape index (κ3) is 4.95. The van der Waals surface area contributed by atoms with E-state index in [0.29, 0.717) is 55.8 Å². The number of nitrogens with zero attached hydrogens (tertiary/aromatic N) is 4. The van der Waals surface area contributed by atoms with Gasteiger partial charge in [0.15, 0.2) is 18.2 Å². The van der Waals surface area contributed by atoms with Gasteiger partial charge in [0.2, 0.25) is 0 Å². The average molecular weight is 549 g/mol. The van der Waals surface area contributed by atoms with Gasteiger partial charge in [0.1, 0.15) is 24.3 Å². The van der Waals surface area contributed by atoms with E-state index in [4.69, 9.17) is 19.9 Å². The number of rotatable bonds is 8. The SMILES string of the molecule is CN(CCn1c(=O)ccc2ccc(OCCN)cc21)[C@@H]1CC[C@@H]2[C@@H](C1)OC(=O)N2c1ccc2c(n1)NC(=O)CO2. The second-order valence-electron chi connectivity index (χ2n) is 10.3.